The van der Waals surface area contributed by atoms with Gasteiger partial charge in [-0.3, -0.25) is 9.00 Å². The molecular weight excluding hydrogens is 467 g/mol. The summed E-state index contributed by atoms with van der Waals surface area (Å²) in [5.74, 6) is 0.665. The number of rotatable bonds is 11. The number of carbonyl (C=O) groups is 1. The van der Waals surface area contributed by atoms with Gasteiger partial charge in [-0.25, -0.2) is 4.21 Å². The lowest BCUT2D eigenvalue weighted by molar-refractivity contribution is -0.122. The lowest BCUT2D eigenvalue weighted by Crippen LogP contribution is -2.51. The summed E-state index contributed by atoms with van der Waals surface area (Å²) < 4.78 is 38.4. The Morgan fingerprint density at radius 3 is 2.41 bits per heavy atom. The Hall–Kier alpha value is -1.80. The van der Waals surface area contributed by atoms with Crippen molar-refractivity contribution in [2.45, 2.75) is 24.0 Å². The number of para-hydroxylation sites is 1. The second kappa shape index (κ2) is 11.9. The van der Waals surface area contributed by atoms with Gasteiger partial charge in [0.15, 0.2) is 0 Å². The minimum absolute atomic E-state index is 0.392. The average molecular weight is 497 g/mol. The summed E-state index contributed by atoms with van der Waals surface area (Å²) in [4.78, 5) is 12.1. The molecule has 0 aromatic heterocycles. The maximum atomic E-state index is 13.3. The maximum Gasteiger partial charge on any atom is 0.236 e. The summed E-state index contributed by atoms with van der Waals surface area (Å²) >= 11 is 0. The molecule has 1 amide bonds. The quantitative estimate of drug-likeness (QED) is 0.367. The molecule has 1 fully saturated rings. The number of benzene rings is 2. The van der Waals surface area contributed by atoms with E-state index in [1.54, 1.807) is 0 Å². The van der Waals surface area contributed by atoms with E-state index in [9.17, 15) is 13.2 Å². The third-order valence-corrected chi connectivity index (χ3v) is 12.4. The van der Waals surface area contributed by atoms with Crippen molar-refractivity contribution >= 4 is 45.4 Å². The zero-order valence-electron chi connectivity index (χ0n) is 18.0. The Balaban J connectivity index is 1.48. The molecule has 1 heterocycles. The fourth-order valence-electron chi connectivity index (χ4n) is 3.39. The van der Waals surface area contributed by atoms with Gasteiger partial charge in [0.1, 0.15) is 21.5 Å². The van der Waals surface area contributed by atoms with E-state index in [0.29, 0.717) is 50.6 Å². The number of carbonyl (C=O) groups excluding carboxylic acids is 1. The summed E-state index contributed by atoms with van der Waals surface area (Å²) in [6, 6.07) is 16.9. The molecule has 3 N–H and O–H groups in total. The minimum atomic E-state index is -1.40. The van der Waals surface area contributed by atoms with Gasteiger partial charge in [-0.15, -0.1) is 0 Å². The highest BCUT2D eigenvalue weighted by atomic mass is 32.7. The first kappa shape index (κ1) is 24.8. The monoisotopic (exact) mass is 496 g/mol. The molecule has 0 radical (unpaired) electrons. The van der Waals surface area contributed by atoms with Crippen LogP contribution in [-0.2, 0) is 30.9 Å². The highest BCUT2D eigenvalue weighted by Gasteiger charge is 2.46. The molecule has 0 saturated carbocycles. The normalized spacial score (nSPS) is 18.3. The Morgan fingerprint density at radius 2 is 1.78 bits per heavy atom. The van der Waals surface area contributed by atoms with Crippen LogP contribution in [0.2, 0.25) is 0 Å². The average Bonchev–Trinajstić information content (AvgIpc) is 2.82. The van der Waals surface area contributed by atoms with Crippen LogP contribution in [-0.4, -0.2) is 51.3 Å². The predicted molar refractivity (Wildman–Crippen MR) is 132 cm³/mol. The number of nitrogens with one attached hydrogen (secondary N) is 1. The molecule has 3 unspecified atom stereocenters. The number of amides is 1. The van der Waals surface area contributed by atoms with E-state index >= 15 is 0 Å². The summed E-state index contributed by atoms with van der Waals surface area (Å²) in [5.41, 5.74) is 6.48. The molecule has 10 heteroatoms. The van der Waals surface area contributed by atoms with Crippen LogP contribution in [0.25, 0.3) is 0 Å². The molecule has 0 bridgehead atoms. The van der Waals surface area contributed by atoms with Gasteiger partial charge < -0.3 is 19.9 Å². The van der Waals surface area contributed by atoms with E-state index in [1.165, 1.54) is 0 Å². The summed E-state index contributed by atoms with van der Waals surface area (Å²) in [6.45, 7) is 3.16. The number of nitrogens with two attached hydrogens (primary N) is 1. The Bertz CT molecular complexity index is 937. The van der Waals surface area contributed by atoms with Crippen molar-refractivity contribution in [1.29, 1.82) is 0 Å². The number of hydrogen-bond donors (Lipinski definition) is 2. The zero-order valence-corrected chi connectivity index (χ0v) is 20.6. The van der Waals surface area contributed by atoms with Crippen LogP contribution in [0.4, 0.5) is 5.69 Å². The standard InChI is InChI=1S/C22H29N2O5PS2/c1-30(32(27)22(21(23)25)12-15-28-16-13-22)20-10-8-19(9-11-20)29-14-5-17-31(26)24-18-6-3-2-4-7-18/h2-4,6-11,24H,5,12-17H2,1H3,(H2,23,25). The molecule has 7 nitrogen and oxygen atoms in total. The van der Waals surface area contributed by atoms with E-state index in [2.05, 4.69) is 4.72 Å². The molecule has 3 rings (SSSR count). The van der Waals surface area contributed by atoms with E-state index < -0.39 is 39.2 Å². The molecule has 1 aliphatic rings. The molecule has 32 heavy (non-hydrogen) atoms. The lowest BCUT2D eigenvalue weighted by Gasteiger charge is -2.35. The zero-order chi connectivity index (χ0) is 23.0. The first-order valence-corrected chi connectivity index (χ1v) is 15.2. The van der Waals surface area contributed by atoms with Crippen LogP contribution in [0.5, 0.6) is 5.75 Å². The number of hydrogen-bond acceptors (Lipinski definition) is 5. The molecule has 2 aromatic rings. The van der Waals surface area contributed by atoms with Crippen molar-refractivity contribution in [3.8, 4) is 5.75 Å². The highest BCUT2D eigenvalue weighted by molar-refractivity contribution is 8.49. The molecule has 0 spiro atoms. The minimum Gasteiger partial charge on any atom is -0.494 e. The van der Waals surface area contributed by atoms with Crippen LogP contribution in [0.1, 0.15) is 19.3 Å². The van der Waals surface area contributed by atoms with Crippen molar-refractivity contribution in [1.82, 2.24) is 0 Å². The van der Waals surface area contributed by atoms with Crippen molar-refractivity contribution in [3.05, 3.63) is 54.6 Å². The van der Waals surface area contributed by atoms with Crippen LogP contribution >= 0.6 is 7.12 Å². The number of ether oxygens (including phenoxy) is 2. The lowest BCUT2D eigenvalue weighted by atomic mass is 9.98. The first-order valence-electron chi connectivity index (χ1n) is 10.4. The maximum absolute atomic E-state index is 13.3. The van der Waals surface area contributed by atoms with Gasteiger partial charge in [-0.2, -0.15) is 0 Å². The van der Waals surface area contributed by atoms with E-state index in [-0.39, 0.29) is 0 Å². The molecule has 1 aliphatic heterocycles. The summed E-state index contributed by atoms with van der Waals surface area (Å²) in [7, 11) is -3.65. The van der Waals surface area contributed by atoms with Crippen LogP contribution in [0.3, 0.4) is 0 Å². The number of anilines is 1. The van der Waals surface area contributed by atoms with E-state index in [4.69, 9.17) is 15.2 Å². The third-order valence-electron chi connectivity index (χ3n) is 5.28. The topological polar surface area (TPSA) is 108 Å². The highest BCUT2D eigenvalue weighted by Crippen LogP contribution is 2.45. The molecular formula is C22H29N2O5PS2. The van der Waals surface area contributed by atoms with Gasteiger partial charge in [-0.05, 0) is 67.6 Å². The van der Waals surface area contributed by atoms with Crippen molar-refractivity contribution in [2.24, 2.45) is 5.73 Å². The SMILES string of the molecule is CP(c1ccc(OCCCS(=O)Nc2ccccc2)cc1)S(=O)C1(C(N)=O)CCOCC1. The van der Waals surface area contributed by atoms with Gasteiger partial charge in [0.2, 0.25) is 5.91 Å². The molecule has 2 aromatic carbocycles. The van der Waals surface area contributed by atoms with Crippen molar-refractivity contribution < 1.29 is 22.7 Å². The molecule has 174 valence electrons. The Morgan fingerprint density at radius 1 is 1.12 bits per heavy atom. The fourth-order valence-corrected chi connectivity index (χ4v) is 9.57. The van der Waals surface area contributed by atoms with E-state index in [0.717, 1.165) is 11.0 Å². The fraction of sp³-hybridized carbons (Fsp3) is 0.409. The van der Waals surface area contributed by atoms with Crippen molar-refractivity contribution in [3.63, 3.8) is 0 Å². The summed E-state index contributed by atoms with van der Waals surface area (Å²) in [5, 5.41) is 0.922. The van der Waals surface area contributed by atoms with Gasteiger partial charge >= 0.3 is 0 Å². The largest absolute Gasteiger partial charge is 0.494 e. The van der Waals surface area contributed by atoms with Gasteiger partial charge in [0, 0.05) is 31.8 Å². The predicted octanol–water partition coefficient (Wildman–Crippen LogP) is 2.67. The van der Waals surface area contributed by atoms with Crippen LogP contribution < -0.4 is 20.5 Å². The Kier molecular flexibility index (Phi) is 9.22. The Labute approximate surface area is 195 Å². The molecule has 1 saturated heterocycles. The second-order valence-corrected chi connectivity index (χ2v) is 14.2. The van der Waals surface area contributed by atoms with E-state index in [1.807, 2.05) is 61.3 Å². The second-order valence-electron chi connectivity index (χ2n) is 7.43. The third kappa shape index (κ3) is 6.38. The smallest absolute Gasteiger partial charge is 0.236 e. The first-order chi connectivity index (χ1) is 15.4. The summed E-state index contributed by atoms with van der Waals surface area (Å²) in [6.07, 6.45) is 1.43. The molecule has 3 atom stereocenters. The molecule has 0 aliphatic carbocycles. The van der Waals surface area contributed by atoms with Gasteiger partial charge in [-0.1, -0.05) is 18.2 Å². The van der Waals surface area contributed by atoms with Gasteiger partial charge in [0.05, 0.1) is 17.0 Å². The van der Waals surface area contributed by atoms with Crippen LogP contribution in [0, 0.1) is 0 Å². The number of primary amides is 1. The van der Waals surface area contributed by atoms with Crippen molar-refractivity contribution in [2.75, 3.05) is 37.0 Å². The van der Waals surface area contributed by atoms with Gasteiger partial charge in [0.25, 0.3) is 0 Å². The van der Waals surface area contributed by atoms with Crippen LogP contribution in [0.15, 0.2) is 54.6 Å².